The summed E-state index contributed by atoms with van der Waals surface area (Å²) in [6.45, 7) is 2.53. The summed E-state index contributed by atoms with van der Waals surface area (Å²) in [5.74, 6) is -0.203. The number of nitro benzene ring substituents is 1. The van der Waals surface area contributed by atoms with Gasteiger partial charge in [-0.05, 0) is 18.6 Å². The first-order valence-electron chi connectivity index (χ1n) is 6.28. The molecule has 2 aromatic carbocycles. The smallest absolute Gasteiger partial charge is 0.273 e. The van der Waals surface area contributed by atoms with Gasteiger partial charge in [0.25, 0.3) is 5.69 Å². The fourth-order valence-electron chi connectivity index (χ4n) is 1.81. The fourth-order valence-corrected chi connectivity index (χ4v) is 2.05. The van der Waals surface area contributed by atoms with Crippen LogP contribution in [0.5, 0.6) is 5.75 Å². The van der Waals surface area contributed by atoms with E-state index in [0.29, 0.717) is 17.1 Å². The van der Waals surface area contributed by atoms with Gasteiger partial charge in [0, 0.05) is 12.6 Å². The Balaban J connectivity index is 2.06. The van der Waals surface area contributed by atoms with Crippen LogP contribution in [-0.2, 0) is 6.54 Å². The monoisotopic (exact) mass is 302 g/mol. The van der Waals surface area contributed by atoms with Gasteiger partial charge in [0.05, 0.1) is 16.6 Å². The van der Waals surface area contributed by atoms with E-state index in [0.717, 1.165) is 11.6 Å². The van der Waals surface area contributed by atoms with Gasteiger partial charge in [-0.3, -0.25) is 10.1 Å². The second kappa shape index (κ2) is 6.32. The second-order valence-electron chi connectivity index (χ2n) is 4.63. The molecule has 0 fully saturated rings. The van der Waals surface area contributed by atoms with Gasteiger partial charge >= 0.3 is 0 Å². The van der Waals surface area contributed by atoms with Crippen molar-refractivity contribution in [3.05, 3.63) is 69.3 Å². The largest absolute Gasteiger partial charge is 0.507 e. The fraction of sp³-hybridized carbons (Fsp3) is 0.133. The van der Waals surface area contributed by atoms with Crippen molar-refractivity contribution >= 4 is 22.9 Å². The third-order valence-electron chi connectivity index (χ3n) is 3.01. The average molecular weight is 302 g/mol. The molecule has 0 saturated carbocycles. The molecule has 2 aromatic rings. The molecule has 0 radical (unpaired) electrons. The lowest BCUT2D eigenvalue weighted by atomic mass is 10.1. The lowest BCUT2D eigenvalue weighted by Gasteiger charge is -2.10. The molecule has 0 spiro atoms. The van der Waals surface area contributed by atoms with Crippen molar-refractivity contribution < 1.29 is 10.0 Å². The highest BCUT2D eigenvalue weighted by Gasteiger charge is 2.12. The number of rotatable bonds is 4. The minimum Gasteiger partial charge on any atom is -0.507 e. The predicted octanol–water partition coefficient (Wildman–Crippen LogP) is 3.07. The molecule has 0 amide bonds. The number of benzene rings is 2. The zero-order valence-corrected chi connectivity index (χ0v) is 12.2. The number of hydrogen-bond acceptors (Lipinski definition) is 4. The topological polar surface area (TPSA) is 75.4 Å². The molecule has 5 nitrogen and oxygen atoms in total. The molecule has 21 heavy (non-hydrogen) atoms. The highest BCUT2D eigenvalue weighted by molar-refractivity contribution is 7.80. The van der Waals surface area contributed by atoms with Crippen molar-refractivity contribution in [3.8, 4) is 5.75 Å². The number of nitrogens with one attached hydrogen (secondary N) is 1. The van der Waals surface area contributed by atoms with Crippen LogP contribution in [0.3, 0.4) is 0 Å². The van der Waals surface area contributed by atoms with Crippen LogP contribution in [0.25, 0.3) is 0 Å². The van der Waals surface area contributed by atoms with E-state index >= 15 is 0 Å². The Morgan fingerprint density at radius 3 is 2.52 bits per heavy atom. The van der Waals surface area contributed by atoms with Gasteiger partial charge in [-0.2, -0.15) is 0 Å². The van der Waals surface area contributed by atoms with Gasteiger partial charge in [0.2, 0.25) is 0 Å². The lowest BCUT2D eigenvalue weighted by Crippen LogP contribution is -2.21. The number of thiocarbonyl (C=S) groups is 1. The van der Waals surface area contributed by atoms with Crippen LogP contribution in [0, 0.1) is 17.0 Å². The van der Waals surface area contributed by atoms with E-state index in [9.17, 15) is 15.2 Å². The van der Waals surface area contributed by atoms with Gasteiger partial charge in [0.1, 0.15) is 10.7 Å². The Morgan fingerprint density at radius 1 is 1.29 bits per heavy atom. The summed E-state index contributed by atoms with van der Waals surface area (Å²) in [5, 5.41) is 23.5. The molecule has 0 heterocycles. The molecule has 0 saturated heterocycles. The van der Waals surface area contributed by atoms with Crippen molar-refractivity contribution in [2.45, 2.75) is 13.5 Å². The molecule has 2 N–H and O–H groups in total. The standard InChI is InChI=1S/C15H14N2O3S/c1-10-2-4-11(5-3-10)9-16-15(21)13-7-6-12(17(19)20)8-14(13)18/h2-8,18H,9H2,1H3,(H,16,21). The summed E-state index contributed by atoms with van der Waals surface area (Å²) in [7, 11) is 0. The van der Waals surface area contributed by atoms with Gasteiger partial charge < -0.3 is 10.4 Å². The second-order valence-corrected chi connectivity index (χ2v) is 5.04. The van der Waals surface area contributed by atoms with Crippen LogP contribution in [-0.4, -0.2) is 15.0 Å². The lowest BCUT2D eigenvalue weighted by molar-refractivity contribution is -0.384. The van der Waals surface area contributed by atoms with E-state index in [-0.39, 0.29) is 11.4 Å². The first kappa shape index (κ1) is 14.9. The van der Waals surface area contributed by atoms with Crippen LogP contribution in [0.1, 0.15) is 16.7 Å². The number of phenolic OH excluding ortho intramolecular Hbond substituents is 1. The van der Waals surface area contributed by atoms with E-state index in [1.807, 2.05) is 31.2 Å². The van der Waals surface area contributed by atoms with E-state index < -0.39 is 4.92 Å². The van der Waals surface area contributed by atoms with E-state index in [1.54, 1.807) is 0 Å². The van der Waals surface area contributed by atoms with E-state index in [1.165, 1.54) is 17.7 Å². The van der Waals surface area contributed by atoms with Crippen molar-refractivity contribution in [1.29, 1.82) is 0 Å². The summed E-state index contributed by atoms with van der Waals surface area (Å²) in [6.07, 6.45) is 0. The van der Waals surface area contributed by atoms with Crippen molar-refractivity contribution in [2.24, 2.45) is 0 Å². The Labute approximate surface area is 127 Å². The summed E-state index contributed by atoms with van der Waals surface area (Å²) in [4.78, 5) is 10.4. The predicted molar refractivity (Wildman–Crippen MR) is 84.5 cm³/mol. The quantitative estimate of drug-likeness (QED) is 0.516. The molecule has 0 aliphatic rings. The summed E-state index contributed by atoms with van der Waals surface area (Å²) in [6, 6.07) is 11.8. The Hall–Kier alpha value is -2.47. The van der Waals surface area contributed by atoms with Crippen LogP contribution in [0.4, 0.5) is 5.69 Å². The molecule has 0 aromatic heterocycles. The zero-order valence-electron chi connectivity index (χ0n) is 11.4. The third-order valence-corrected chi connectivity index (χ3v) is 3.37. The SMILES string of the molecule is Cc1ccc(CNC(=S)c2ccc([N+](=O)[O-])cc2O)cc1. The number of nitrogens with zero attached hydrogens (tertiary/aromatic N) is 1. The molecule has 0 unspecified atom stereocenters. The van der Waals surface area contributed by atoms with Crippen molar-refractivity contribution in [3.63, 3.8) is 0 Å². The highest BCUT2D eigenvalue weighted by Crippen LogP contribution is 2.23. The summed E-state index contributed by atoms with van der Waals surface area (Å²) < 4.78 is 0. The van der Waals surface area contributed by atoms with E-state index in [2.05, 4.69) is 5.32 Å². The van der Waals surface area contributed by atoms with Crippen LogP contribution >= 0.6 is 12.2 Å². The maximum absolute atomic E-state index is 10.6. The molecule has 0 atom stereocenters. The molecule has 2 rings (SSSR count). The van der Waals surface area contributed by atoms with Gasteiger partial charge in [-0.1, -0.05) is 42.0 Å². The Kier molecular flexibility index (Phi) is 4.49. The number of hydrogen-bond donors (Lipinski definition) is 2. The maximum Gasteiger partial charge on any atom is 0.273 e. The first-order chi connectivity index (χ1) is 9.97. The number of nitro groups is 1. The third kappa shape index (κ3) is 3.76. The zero-order chi connectivity index (χ0) is 15.4. The molecule has 6 heteroatoms. The first-order valence-corrected chi connectivity index (χ1v) is 6.69. The summed E-state index contributed by atoms with van der Waals surface area (Å²) in [5.41, 5.74) is 2.44. The Bertz CT molecular complexity index is 684. The molecule has 0 aliphatic heterocycles. The molecular formula is C15H14N2O3S. The summed E-state index contributed by atoms with van der Waals surface area (Å²) >= 11 is 5.20. The number of aromatic hydroxyl groups is 1. The minimum atomic E-state index is -0.563. The van der Waals surface area contributed by atoms with Crippen LogP contribution in [0.15, 0.2) is 42.5 Å². The molecular weight excluding hydrogens is 288 g/mol. The number of phenols is 1. The number of non-ortho nitro benzene ring substituents is 1. The average Bonchev–Trinajstić information content (AvgIpc) is 2.46. The number of aryl methyl sites for hydroxylation is 1. The molecule has 0 aliphatic carbocycles. The van der Waals surface area contributed by atoms with Crippen LogP contribution in [0.2, 0.25) is 0 Å². The van der Waals surface area contributed by atoms with Crippen molar-refractivity contribution in [2.75, 3.05) is 0 Å². The minimum absolute atomic E-state index is 0.169. The molecule has 108 valence electrons. The van der Waals surface area contributed by atoms with E-state index in [4.69, 9.17) is 12.2 Å². The van der Waals surface area contributed by atoms with Gasteiger partial charge in [-0.25, -0.2) is 0 Å². The Morgan fingerprint density at radius 2 is 1.95 bits per heavy atom. The highest BCUT2D eigenvalue weighted by atomic mass is 32.1. The van der Waals surface area contributed by atoms with Gasteiger partial charge in [0.15, 0.2) is 0 Å². The van der Waals surface area contributed by atoms with Crippen LogP contribution < -0.4 is 5.32 Å². The van der Waals surface area contributed by atoms with Gasteiger partial charge in [-0.15, -0.1) is 0 Å². The normalized spacial score (nSPS) is 10.1. The maximum atomic E-state index is 10.6. The molecule has 0 bridgehead atoms. The van der Waals surface area contributed by atoms with Crippen molar-refractivity contribution in [1.82, 2.24) is 5.32 Å².